The Morgan fingerprint density at radius 3 is 2.88 bits per heavy atom. The van der Waals surface area contributed by atoms with Crippen LogP contribution in [0.4, 0.5) is 0 Å². The van der Waals surface area contributed by atoms with Gasteiger partial charge in [-0.2, -0.15) is 0 Å². The van der Waals surface area contributed by atoms with E-state index in [1.54, 1.807) is 0 Å². The number of carbonyl (C=O) groups excluding carboxylic acids is 1. The van der Waals surface area contributed by atoms with Crippen LogP contribution in [0.25, 0.3) is 0 Å². The van der Waals surface area contributed by atoms with E-state index in [0.717, 1.165) is 19.5 Å². The molecule has 2 saturated heterocycles. The highest BCUT2D eigenvalue weighted by atomic mass is 16.2. The van der Waals surface area contributed by atoms with Crippen LogP contribution in [0.15, 0.2) is 0 Å². The van der Waals surface area contributed by atoms with E-state index < -0.39 is 0 Å². The Kier molecular flexibility index (Phi) is 4.05. The van der Waals surface area contributed by atoms with Gasteiger partial charge in [0.25, 0.3) is 0 Å². The van der Waals surface area contributed by atoms with E-state index >= 15 is 0 Å². The van der Waals surface area contributed by atoms with Gasteiger partial charge in [0.05, 0.1) is 0 Å². The summed E-state index contributed by atoms with van der Waals surface area (Å²) in [5.41, 5.74) is 5.58. The lowest BCUT2D eigenvalue weighted by Gasteiger charge is -2.46. The maximum Gasteiger partial charge on any atom is 0.226 e. The van der Waals surface area contributed by atoms with Gasteiger partial charge < -0.3 is 15.5 Å². The molecule has 0 bridgehead atoms. The van der Waals surface area contributed by atoms with E-state index in [9.17, 15) is 4.79 Å². The van der Waals surface area contributed by atoms with Gasteiger partial charge >= 0.3 is 0 Å². The lowest BCUT2D eigenvalue weighted by molar-refractivity contribution is -0.138. The zero-order chi connectivity index (χ0) is 12.4. The van der Waals surface area contributed by atoms with Gasteiger partial charge in [0, 0.05) is 31.6 Å². The highest BCUT2D eigenvalue weighted by molar-refractivity contribution is 5.78. The fraction of sp³-hybridized carbons (Fsp3) is 0.923. The minimum Gasteiger partial charge on any atom is -0.342 e. The van der Waals surface area contributed by atoms with Crippen molar-refractivity contribution in [2.75, 3.05) is 33.2 Å². The van der Waals surface area contributed by atoms with E-state index in [2.05, 4.69) is 11.9 Å². The minimum atomic E-state index is -0.0205. The molecule has 1 amide bonds. The lowest BCUT2D eigenvalue weighted by atomic mass is 9.84. The Labute approximate surface area is 104 Å². The molecule has 4 nitrogen and oxygen atoms in total. The van der Waals surface area contributed by atoms with Crippen LogP contribution < -0.4 is 5.73 Å². The molecule has 4 heteroatoms. The normalized spacial score (nSPS) is 32.1. The highest BCUT2D eigenvalue weighted by Crippen LogP contribution is 2.29. The number of amides is 1. The van der Waals surface area contributed by atoms with Crippen molar-refractivity contribution < 1.29 is 4.79 Å². The Balaban J connectivity index is 1.95. The van der Waals surface area contributed by atoms with Crippen LogP contribution in [-0.2, 0) is 4.79 Å². The monoisotopic (exact) mass is 239 g/mol. The predicted molar refractivity (Wildman–Crippen MR) is 68.6 cm³/mol. The largest absolute Gasteiger partial charge is 0.342 e. The Morgan fingerprint density at radius 2 is 2.18 bits per heavy atom. The summed E-state index contributed by atoms with van der Waals surface area (Å²) >= 11 is 0. The number of nitrogens with zero attached hydrogens (tertiary/aromatic N) is 2. The number of nitrogens with two attached hydrogens (primary N) is 1. The predicted octanol–water partition coefficient (Wildman–Crippen LogP) is 0.524. The lowest BCUT2D eigenvalue weighted by Crippen LogP contribution is -2.55. The van der Waals surface area contributed by atoms with Gasteiger partial charge in [0.2, 0.25) is 5.91 Å². The van der Waals surface area contributed by atoms with Gasteiger partial charge in [0.1, 0.15) is 0 Å². The molecule has 0 radical (unpaired) electrons. The fourth-order valence-electron chi connectivity index (χ4n) is 3.27. The molecular formula is C13H25N3O. The van der Waals surface area contributed by atoms with Gasteiger partial charge in [-0.25, -0.2) is 0 Å². The molecule has 0 spiro atoms. The smallest absolute Gasteiger partial charge is 0.226 e. The summed E-state index contributed by atoms with van der Waals surface area (Å²) < 4.78 is 0. The molecule has 2 aliphatic heterocycles. The Bertz CT molecular complexity index is 282. The summed E-state index contributed by atoms with van der Waals surface area (Å²) in [6, 6.07) is 0.695. The molecule has 0 saturated carbocycles. The summed E-state index contributed by atoms with van der Waals surface area (Å²) in [6.07, 6.45) is 3.67. The van der Waals surface area contributed by atoms with Crippen molar-refractivity contribution in [3.8, 4) is 0 Å². The zero-order valence-corrected chi connectivity index (χ0v) is 11.1. The Morgan fingerprint density at radius 1 is 1.41 bits per heavy atom. The van der Waals surface area contributed by atoms with Crippen molar-refractivity contribution >= 4 is 5.91 Å². The van der Waals surface area contributed by atoms with Crippen LogP contribution in [-0.4, -0.2) is 55.0 Å². The highest BCUT2D eigenvalue weighted by Gasteiger charge is 2.36. The second-order valence-corrected chi connectivity index (χ2v) is 5.66. The molecule has 0 aromatic rings. The number of hydrogen-bond donors (Lipinski definition) is 1. The van der Waals surface area contributed by atoms with E-state index in [-0.39, 0.29) is 11.8 Å². The van der Waals surface area contributed by atoms with Crippen LogP contribution in [0.2, 0.25) is 0 Å². The number of likely N-dealkylation sites (tertiary alicyclic amines) is 2. The maximum absolute atomic E-state index is 12.1. The van der Waals surface area contributed by atoms with Crippen molar-refractivity contribution in [1.29, 1.82) is 0 Å². The molecular weight excluding hydrogens is 214 g/mol. The molecule has 2 fully saturated rings. The SMILES string of the molecule is CC(CN)C(=O)N1CCC2C(CCCN2C)C1. The molecule has 2 N–H and O–H groups in total. The molecule has 3 atom stereocenters. The molecule has 2 heterocycles. The molecule has 2 aliphatic rings. The second-order valence-electron chi connectivity index (χ2n) is 5.66. The third-order valence-electron chi connectivity index (χ3n) is 4.43. The van der Waals surface area contributed by atoms with Crippen LogP contribution in [0.5, 0.6) is 0 Å². The van der Waals surface area contributed by atoms with Crippen molar-refractivity contribution in [2.24, 2.45) is 17.6 Å². The van der Waals surface area contributed by atoms with Gasteiger partial charge in [-0.1, -0.05) is 6.92 Å². The molecule has 0 aromatic heterocycles. The minimum absolute atomic E-state index is 0.0205. The molecule has 3 unspecified atom stereocenters. The van der Waals surface area contributed by atoms with Gasteiger partial charge in [-0.15, -0.1) is 0 Å². The summed E-state index contributed by atoms with van der Waals surface area (Å²) in [5.74, 6) is 0.906. The van der Waals surface area contributed by atoms with Crippen LogP contribution in [0, 0.1) is 11.8 Å². The summed E-state index contributed by atoms with van der Waals surface area (Å²) in [7, 11) is 2.22. The van der Waals surface area contributed by atoms with E-state index in [0.29, 0.717) is 18.5 Å². The first-order chi connectivity index (χ1) is 8.13. The quantitative estimate of drug-likeness (QED) is 0.764. The first-order valence-electron chi connectivity index (χ1n) is 6.82. The maximum atomic E-state index is 12.1. The van der Waals surface area contributed by atoms with E-state index in [1.165, 1.54) is 19.4 Å². The van der Waals surface area contributed by atoms with Crippen molar-refractivity contribution in [1.82, 2.24) is 9.80 Å². The third kappa shape index (κ3) is 2.63. The number of carbonyl (C=O) groups is 1. The fourth-order valence-corrected chi connectivity index (χ4v) is 3.27. The van der Waals surface area contributed by atoms with Crippen molar-refractivity contribution in [3.63, 3.8) is 0 Å². The summed E-state index contributed by atoms with van der Waals surface area (Å²) in [4.78, 5) is 16.6. The van der Waals surface area contributed by atoms with Crippen molar-refractivity contribution in [2.45, 2.75) is 32.2 Å². The zero-order valence-electron chi connectivity index (χ0n) is 11.1. The standard InChI is InChI=1S/C13H25N3O/c1-10(8-14)13(17)16-7-5-12-11(9-16)4-3-6-15(12)2/h10-12H,3-9,14H2,1-2H3. The molecule has 17 heavy (non-hydrogen) atoms. The van der Waals surface area contributed by atoms with E-state index in [1.807, 2.05) is 11.8 Å². The van der Waals surface area contributed by atoms with Gasteiger partial charge in [-0.05, 0) is 38.8 Å². The average Bonchev–Trinajstić information content (AvgIpc) is 2.37. The average molecular weight is 239 g/mol. The molecule has 98 valence electrons. The first kappa shape index (κ1) is 12.8. The van der Waals surface area contributed by atoms with Crippen molar-refractivity contribution in [3.05, 3.63) is 0 Å². The molecule has 2 rings (SSSR count). The van der Waals surface area contributed by atoms with Gasteiger partial charge in [-0.3, -0.25) is 4.79 Å². The number of hydrogen-bond acceptors (Lipinski definition) is 3. The van der Waals surface area contributed by atoms with Crippen LogP contribution in [0.3, 0.4) is 0 Å². The molecule has 0 aliphatic carbocycles. The molecule has 0 aromatic carbocycles. The second kappa shape index (κ2) is 5.36. The topological polar surface area (TPSA) is 49.6 Å². The van der Waals surface area contributed by atoms with E-state index in [4.69, 9.17) is 5.73 Å². The summed E-state index contributed by atoms with van der Waals surface area (Å²) in [5, 5.41) is 0. The third-order valence-corrected chi connectivity index (χ3v) is 4.43. The number of fused-ring (bicyclic) bond motifs is 1. The van der Waals surface area contributed by atoms with Crippen LogP contribution >= 0.6 is 0 Å². The van der Waals surface area contributed by atoms with Gasteiger partial charge in [0.15, 0.2) is 0 Å². The number of rotatable bonds is 2. The first-order valence-corrected chi connectivity index (χ1v) is 6.82. The van der Waals surface area contributed by atoms with Crippen LogP contribution in [0.1, 0.15) is 26.2 Å². The number of piperidine rings is 2. The Hall–Kier alpha value is -0.610. The summed E-state index contributed by atoms with van der Waals surface area (Å²) in [6.45, 7) is 5.46.